The smallest absolute Gasteiger partial charge is 0.163 e. The molecule has 1 aliphatic heterocycles. The molecule has 5 rings (SSSR count). The lowest BCUT2D eigenvalue weighted by atomic mass is 9.73. The second-order valence-corrected chi connectivity index (χ2v) is 10.0. The zero-order valence-electron chi connectivity index (χ0n) is 18.8. The lowest BCUT2D eigenvalue weighted by Crippen LogP contribution is -2.31. The van der Waals surface area contributed by atoms with Gasteiger partial charge in [-0.25, -0.2) is 0 Å². The van der Waals surface area contributed by atoms with Crippen LogP contribution in [-0.2, 0) is 11.4 Å². The van der Waals surface area contributed by atoms with Crippen LogP contribution in [-0.4, -0.2) is 5.78 Å². The van der Waals surface area contributed by atoms with Crippen molar-refractivity contribution in [2.24, 2.45) is 5.41 Å². The van der Waals surface area contributed by atoms with Gasteiger partial charge in [0.25, 0.3) is 0 Å². The van der Waals surface area contributed by atoms with Crippen LogP contribution in [0.2, 0.25) is 5.02 Å². The van der Waals surface area contributed by atoms with E-state index in [2.05, 4.69) is 24.5 Å². The van der Waals surface area contributed by atoms with Crippen molar-refractivity contribution in [1.29, 1.82) is 0 Å². The highest BCUT2D eigenvalue weighted by molar-refractivity contribution is 6.30. The van der Waals surface area contributed by atoms with Crippen LogP contribution in [0.15, 0.2) is 84.1 Å². The Hall–Kier alpha value is -3.24. The van der Waals surface area contributed by atoms with E-state index in [0.717, 1.165) is 45.9 Å². The Morgan fingerprint density at radius 2 is 1.73 bits per heavy atom. The number of rotatable bonds is 4. The fourth-order valence-electron chi connectivity index (χ4n) is 4.69. The summed E-state index contributed by atoms with van der Waals surface area (Å²) in [6.45, 7) is 4.75. The molecule has 168 valence electrons. The normalized spacial score (nSPS) is 19.0. The van der Waals surface area contributed by atoms with Gasteiger partial charge in [-0.3, -0.25) is 4.79 Å². The first-order valence-corrected chi connectivity index (χ1v) is 11.6. The van der Waals surface area contributed by atoms with Crippen LogP contribution in [0.1, 0.15) is 43.9 Å². The maximum absolute atomic E-state index is 13.3. The third kappa shape index (κ3) is 4.62. The molecule has 1 heterocycles. The number of allylic oxidation sites excluding steroid dienone is 1. The summed E-state index contributed by atoms with van der Waals surface area (Å²) in [7, 11) is 0. The maximum Gasteiger partial charge on any atom is 0.163 e. The average molecular weight is 459 g/mol. The van der Waals surface area contributed by atoms with Gasteiger partial charge in [-0.15, -0.1) is 0 Å². The number of para-hydroxylation sites is 2. The molecule has 5 heteroatoms. The van der Waals surface area contributed by atoms with Gasteiger partial charge in [0.1, 0.15) is 12.4 Å². The molecule has 0 saturated carbocycles. The summed E-state index contributed by atoms with van der Waals surface area (Å²) in [5, 5.41) is 7.88. The summed E-state index contributed by atoms with van der Waals surface area (Å²) < 4.78 is 5.96. The Balaban J connectivity index is 1.44. The van der Waals surface area contributed by atoms with Crippen LogP contribution < -0.4 is 15.4 Å². The molecule has 33 heavy (non-hydrogen) atoms. The number of fused-ring (bicyclic) bond motifs is 1. The molecule has 0 bridgehead atoms. The molecule has 0 radical (unpaired) electrons. The minimum atomic E-state index is -0.221. The minimum absolute atomic E-state index is 0.0647. The lowest BCUT2D eigenvalue weighted by molar-refractivity contribution is -0.118. The number of carbonyl (C=O) groups is 1. The minimum Gasteiger partial charge on any atom is -0.489 e. The molecule has 3 aromatic rings. The van der Waals surface area contributed by atoms with Gasteiger partial charge in [-0.1, -0.05) is 61.8 Å². The fraction of sp³-hybridized carbons (Fsp3) is 0.250. The largest absolute Gasteiger partial charge is 0.489 e. The average Bonchev–Trinajstić information content (AvgIpc) is 2.94. The predicted molar refractivity (Wildman–Crippen MR) is 134 cm³/mol. The van der Waals surface area contributed by atoms with E-state index in [-0.39, 0.29) is 17.2 Å². The molecule has 0 amide bonds. The first kappa shape index (κ1) is 21.6. The topological polar surface area (TPSA) is 50.4 Å². The molecule has 2 N–H and O–H groups in total. The van der Waals surface area contributed by atoms with Crippen molar-refractivity contribution < 1.29 is 9.53 Å². The molecule has 3 aromatic carbocycles. The van der Waals surface area contributed by atoms with Gasteiger partial charge in [0.15, 0.2) is 5.78 Å². The Morgan fingerprint density at radius 3 is 2.48 bits per heavy atom. The van der Waals surface area contributed by atoms with E-state index in [9.17, 15) is 4.79 Å². The number of ketones is 1. The SMILES string of the molecule is CC1(C)CC(=O)C2=C(C1)Nc1ccccc1NC2c1ccc(OCc2cccc(Cl)c2)cc1. The molecular weight excluding hydrogens is 432 g/mol. The Morgan fingerprint density at radius 1 is 0.970 bits per heavy atom. The summed E-state index contributed by atoms with van der Waals surface area (Å²) in [5.41, 5.74) is 5.82. The van der Waals surface area contributed by atoms with Crippen molar-refractivity contribution in [1.82, 2.24) is 0 Å². The van der Waals surface area contributed by atoms with Gasteiger partial charge in [-0.2, -0.15) is 0 Å². The van der Waals surface area contributed by atoms with Crippen LogP contribution in [0.3, 0.4) is 0 Å². The van der Waals surface area contributed by atoms with Crippen molar-refractivity contribution in [2.75, 3.05) is 10.6 Å². The Labute approximate surface area is 199 Å². The summed E-state index contributed by atoms with van der Waals surface area (Å²) in [6.07, 6.45) is 1.38. The summed E-state index contributed by atoms with van der Waals surface area (Å²) >= 11 is 6.07. The number of anilines is 2. The highest BCUT2D eigenvalue weighted by atomic mass is 35.5. The first-order valence-electron chi connectivity index (χ1n) is 11.2. The second kappa shape index (κ2) is 8.60. The highest BCUT2D eigenvalue weighted by Gasteiger charge is 2.38. The van der Waals surface area contributed by atoms with Crippen molar-refractivity contribution >= 4 is 28.8 Å². The predicted octanol–water partition coefficient (Wildman–Crippen LogP) is 7.14. The monoisotopic (exact) mass is 458 g/mol. The molecule has 4 nitrogen and oxygen atoms in total. The van der Waals surface area contributed by atoms with Crippen LogP contribution in [0.4, 0.5) is 11.4 Å². The van der Waals surface area contributed by atoms with Crippen LogP contribution in [0, 0.1) is 5.41 Å². The summed E-state index contributed by atoms with van der Waals surface area (Å²) in [5.74, 6) is 0.969. The molecule has 1 unspecified atom stereocenters. The van der Waals surface area contributed by atoms with Crippen molar-refractivity contribution in [3.8, 4) is 5.75 Å². The number of ether oxygens (including phenoxy) is 1. The van der Waals surface area contributed by atoms with Gasteiger partial charge in [0.2, 0.25) is 0 Å². The number of nitrogens with one attached hydrogen (secondary N) is 2. The van der Waals surface area contributed by atoms with E-state index in [0.29, 0.717) is 18.1 Å². The van der Waals surface area contributed by atoms with Crippen molar-refractivity contribution in [3.05, 3.63) is 100 Å². The van der Waals surface area contributed by atoms with Gasteiger partial charge in [0.05, 0.1) is 17.4 Å². The van der Waals surface area contributed by atoms with Gasteiger partial charge in [-0.05, 0) is 59.4 Å². The number of hydrogen-bond acceptors (Lipinski definition) is 4. The molecule has 0 fully saturated rings. The van der Waals surface area contributed by atoms with E-state index >= 15 is 0 Å². The van der Waals surface area contributed by atoms with Crippen molar-refractivity contribution in [3.63, 3.8) is 0 Å². The standard InChI is InChI=1S/C28H27ClN2O2/c1-28(2)15-24-26(25(32)16-28)27(31-23-9-4-3-8-22(23)30-24)19-10-12-21(13-11-19)33-17-18-6-5-7-20(29)14-18/h3-14,27,30-31H,15-17H2,1-2H3. The Kier molecular flexibility index (Phi) is 5.63. The van der Waals surface area contributed by atoms with E-state index in [1.807, 2.05) is 72.8 Å². The third-order valence-corrected chi connectivity index (χ3v) is 6.46. The number of hydrogen-bond donors (Lipinski definition) is 2. The quantitative estimate of drug-likeness (QED) is 0.436. The molecule has 1 atom stereocenters. The van der Waals surface area contributed by atoms with E-state index in [4.69, 9.17) is 16.3 Å². The van der Waals surface area contributed by atoms with Gasteiger partial charge >= 0.3 is 0 Å². The third-order valence-electron chi connectivity index (χ3n) is 6.23. The van der Waals surface area contributed by atoms with Gasteiger partial charge in [0, 0.05) is 22.7 Å². The molecule has 2 aliphatic rings. The van der Waals surface area contributed by atoms with Gasteiger partial charge < -0.3 is 15.4 Å². The molecule has 0 aromatic heterocycles. The number of halogens is 1. The highest BCUT2D eigenvalue weighted by Crippen LogP contribution is 2.45. The number of Topliss-reactive ketones (excluding diaryl/α,β-unsaturated/α-hetero) is 1. The second-order valence-electron chi connectivity index (χ2n) is 9.57. The molecule has 0 saturated heterocycles. The van der Waals surface area contributed by atoms with E-state index in [1.165, 1.54) is 0 Å². The lowest BCUT2D eigenvalue weighted by Gasteiger charge is -2.34. The zero-order valence-corrected chi connectivity index (χ0v) is 19.6. The summed E-state index contributed by atoms with van der Waals surface area (Å²) in [6, 6.07) is 23.6. The van der Waals surface area contributed by atoms with Crippen LogP contribution in [0.25, 0.3) is 0 Å². The molecule has 0 spiro atoms. The fourth-order valence-corrected chi connectivity index (χ4v) is 4.90. The number of carbonyl (C=O) groups excluding carboxylic acids is 1. The summed E-state index contributed by atoms with van der Waals surface area (Å²) in [4.78, 5) is 13.3. The van der Waals surface area contributed by atoms with E-state index < -0.39 is 0 Å². The molecular formula is C28H27ClN2O2. The maximum atomic E-state index is 13.3. The zero-order chi connectivity index (χ0) is 23.0. The van der Waals surface area contributed by atoms with Crippen molar-refractivity contribution in [2.45, 2.75) is 39.3 Å². The number of benzene rings is 3. The first-order chi connectivity index (χ1) is 15.9. The van der Waals surface area contributed by atoms with E-state index in [1.54, 1.807) is 0 Å². The van der Waals surface area contributed by atoms with Crippen LogP contribution in [0.5, 0.6) is 5.75 Å². The van der Waals surface area contributed by atoms with Crippen LogP contribution >= 0.6 is 11.6 Å². The molecule has 1 aliphatic carbocycles. The Bertz CT molecular complexity index is 1230.